The Bertz CT molecular complexity index is 292. The van der Waals surface area contributed by atoms with Gasteiger partial charge in [-0.3, -0.25) is 9.59 Å². The highest BCUT2D eigenvalue weighted by molar-refractivity contribution is 8.02. The first-order valence-corrected chi connectivity index (χ1v) is 6.50. The average Bonchev–Trinajstić information content (AvgIpc) is 2.78. The first kappa shape index (κ1) is 11.7. The zero-order valence-corrected chi connectivity index (χ0v) is 9.83. The minimum absolute atomic E-state index is 0.121. The summed E-state index contributed by atoms with van der Waals surface area (Å²) in [6.07, 6.45) is 1.31. The summed E-state index contributed by atoms with van der Waals surface area (Å²) >= 11 is 1.31. The van der Waals surface area contributed by atoms with Gasteiger partial charge in [-0.05, 0) is 12.8 Å². The van der Waals surface area contributed by atoms with Gasteiger partial charge in [-0.25, -0.2) is 0 Å². The number of hydrogen-bond donors (Lipinski definition) is 2. The van der Waals surface area contributed by atoms with Gasteiger partial charge in [0, 0.05) is 26.2 Å². The van der Waals surface area contributed by atoms with Crippen LogP contribution in [0.3, 0.4) is 0 Å². The molecule has 2 rings (SSSR count). The lowest BCUT2D eigenvalue weighted by molar-refractivity contribution is -0.136. The van der Waals surface area contributed by atoms with Crippen molar-refractivity contribution in [3.05, 3.63) is 0 Å². The summed E-state index contributed by atoms with van der Waals surface area (Å²) < 4.78 is 0. The SMILES string of the molecule is O=C(O)[C@H]1CC[C@@H](C(=O)N2CCNCC2)S1. The summed E-state index contributed by atoms with van der Waals surface area (Å²) in [6, 6.07) is 0. The smallest absolute Gasteiger partial charge is 0.316 e. The molecule has 16 heavy (non-hydrogen) atoms. The molecule has 0 radical (unpaired) electrons. The van der Waals surface area contributed by atoms with E-state index in [4.69, 9.17) is 5.11 Å². The van der Waals surface area contributed by atoms with Crippen LogP contribution in [-0.4, -0.2) is 58.6 Å². The molecule has 2 aliphatic heterocycles. The van der Waals surface area contributed by atoms with Crippen LogP contribution in [0.4, 0.5) is 0 Å². The van der Waals surface area contributed by atoms with Crippen LogP contribution >= 0.6 is 11.8 Å². The van der Waals surface area contributed by atoms with E-state index in [1.54, 1.807) is 0 Å². The molecule has 0 aromatic heterocycles. The molecule has 0 unspecified atom stereocenters. The van der Waals surface area contributed by atoms with Gasteiger partial charge in [0.05, 0.1) is 5.25 Å². The van der Waals surface area contributed by atoms with Gasteiger partial charge >= 0.3 is 5.97 Å². The van der Waals surface area contributed by atoms with E-state index >= 15 is 0 Å². The Morgan fingerprint density at radius 1 is 1.19 bits per heavy atom. The topological polar surface area (TPSA) is 69.6 Å². The number of thioether (sulfide) groups is 1. The van der Waals surface area contributed by atoms with E-state index in [0.717, 1.165) is 26.2 Å². The Labute approximate surface area is 98.6 Å². The highest BCUT2D eigenvalue weighted by Crippen LogP contribution is 2.34. The number of aliphatic carboxylic acids is 1. The zero-order chi connectivity index (χ0) is 11.5. The lowest BCUT2D eigenvalue weighted by atomic mass is 10.1. The van der Waals surface area contributed by atoms with Crippen molar-refractivity contribution in [1.29, 1.82) is 0 Å². The van der Waals surface area contributed by atoms with Crippen molar-refractivity contribution in [2.45, 2.75) is 23.3 Å². The van der Waals surface area contributed by atoms with Crippen LogP contribution in [0.1, 0.15) is 12.8 Å². The molecule has 0 aromatic carbocycles. The van der Waals surface area contributed by atoms with Crippen LogP contribution < -0.4 is 5.32 Å². The highest BCUT2D eigenvalue weighted by atomic mass is 32.2. The highest BCUT2D eigenvalue weighted by Gasteiger charge is 2.36. The third-order valence-electron chi connectivity index (χ3n) is 3.00. The van der Waals surface area contributed by atoms with E-state index < -0.39 is 11.2 Å². The lowest BCUT2D eigenvalue weighted by Crippen LogP contribution is -2.48. The first-order valence-electron chi connectivity index (χ1n) is 5.56. The van der Waals surface area contributed by atoms with Gasteiger partial charge in [0.2, 0.25) is 5.91 Å². The number of rotatable bonds is 2. The Kier molecular flexibility index (Phi) is 3.70. The monoisotopic (exact) mass is 244 g/mol. The van der Waals surface area contributed by atoms with E-state index in [2.05, 4.69) is 5.32 Å². The summed E-state index contributed by atoms with van der Waals surface area (Å²) in [5.41, 5.74) is 0. The number of nitrogens with one attached hydrogen (secondary N) is 1. The predicted octanol–water partition coefficient (Wildman–Crippen LogP) is -0.233. The third kappa shape index (κ3) is 2.49. The van der Waals surface area contributed by atoms with Gasteiger partial charge in [0.15, 0.2) is 0 Å². The molecule has 0 aliphatic carbocycles. The fourth-order valence-electron chi connectivity index (χ4n) is 2.09. The van der Waals surface area contributed by atoms with Gasteiger partial charge in [0.25, 0.3) is 0 Å². The second-order valence-corrected chi connectivity index (χ2v) is 5.51. The number of carbonyl (C=O) groups is 2. The quantitative estimate of drug-likeness (QED) is 0.702. The number of carbonyl (C=O) groups excluding carboxylic acids is 1. The molecular weight excluding hydrogens is 228 g/mol. The summed E-state index contributed by atoms with van der Waals surface area (Å²) in [5, 5.41) is 11.5. The van der Waals surface area contributed by atoms with Gasteiger partial charge in [-0.15, -0.1) is 11.8 Å². The van der Waals surface area contributed by atoms with E-state index in [-0.39, 0.29) is 11.2 Å². The Balaban J connectivity index is 1.88. The standard InChI is InChI=1S/C10H16N2O3S/c13-9(12-5-3-11-4-6-12)7-1-2-8(16-7)10(14)15/h7-8,11H,1-6H2,(H,14,15)/t7-,8+/m0/s1. The van der Waals surface area contributed by atoms with Crippen molar-refractivity contribution in [3.63, 3.8) is 0 Å². The number of piperazine rings is 1. The molecule has 2 saturated heterocycles. The van der Waals surface area contributed by atoms with Gasteiger partial charge in [-0.2, -0.15) is 0 Å². The largest absolute Gasteiger partial charge is 0.480 e. The van der Waals surface area contributed by atoms with Crippen LogP contribution in [-0.2, 0) is 9.59 Å². The molecule has 0 aromatic rings. The number of nitrogens with zero attached hydrogens (tertiary/aromatic N) is 1. The molecule has 2 atom stereocenters. The van der Waals surface area contributed by atoms with Crippen molar-refractivity contribution in [2.24, 2.45) is 0 Å². The number of amides is 1. The van der Waals surface area contributed by atoms with Gasteiger partial charge < -0.3 is 15.3 Å². The molecule has 2 heterocycles. The minimum Gasteiger partial charge on any atom is -0.480 e. The van der Waals surface area contributed by atoms with Crippen LogP contribution in [0.15, 0.2) is 0 Å². The Morgan fingerprint density at radius 2 is 1.81 bits per heavy atom. The zero-order valence-electron chi connectivity index (χ0n) is 9.02. The maximum absolute atomic E-state index is 12.1. The molecule has 2 fully saturated rings. The first-order chi connectivity index (χ1) is 7.68. The number of carboxylic acid groups (broad SMARTS) is 1. The van der Waals surface area contributed by atoms with Crippen LogP contribution in [0.2, 0.25) is 0 Å². The van der Waals surface area contributed by atoms with Gasteiger partial charge in [-0.1, -0.05) is 0 Å². The van der Waals surface area contributed by atoms with E-state index in [1.165, 1.54) is 11.8 Å². The maximum Gasteiger partial charge on any atom is 0.316 e. The summed E-state index contributed by atoms with van der Waals surface area (Å²) in [7, 11) is 0. The Morgan fingerprint density at radius 3 is 2.38 bits per heavy atom. The van der Waals surface area contributed by atoms with E-state index in [9.17, 15) is 9.59 Å². The van der Waals surface area contributed by atoms with E-state index in [1.807, 2.05) is 4.90 Å². The molecule has 0 spiro atoms. The second-order valence-electron chi connectivity index (χ2n) is 4.10. The number of hydrogen-bond acceptors (Lipinski definition) is 4. The van der Waals surface area contributed by atoms with Crippen molar-refractivity contribution in [3.8, 4) is 0 Å². The molecule has 2 N–H and O–H groups in total. The summed E-state index contributed by atoms with van der Waals surface area (Å²) in [6.45, 7) is 3.16. The van der Waals surface area contributed by atoms with E-state index in [0.29, 0.717) is 12.8 Å². The molecule has 2 aliphatic rings. The molecule has 6 heteroatoms. The number of carboxylic acids is 1. The Hall–Kier alpha value is -0.750. The second kappa shape index (κ2) is 5.05. The fraction of sp³-hybridized carbons (Fsp3) is 0.800. The van der Waals surface area contributed by atoms with Gasteiger partial charge in [0.1, 0.15) is 5.25 Å². The maximum atomic E-state index is 12.1. The normalized spacial score (nSPS) is 30.4. The molecule has 1 amide bonds. The minimum atomic E-state index is -0.791. The molecule has 90 valence electrons. The molecule has 5 nitrogen and oxygen atoms in total. The molecule has 0 bridgehead atoms. The van der Waals surface area contributed by atoms with Crippen molar-refractivity contribution in [2.75, 3.05) is 26.2 Å². The van der Waals surface area contributed by atoms with Crippen LogP contribution in [0, 0.1) is 0 Å². The summed E-state index contributed by atoms with van der Waals surface area (Å²) in [5.74, 6) is -0.670. The van der Waals surface area contributed by atoms with Crippen LogP contribution in [0.5, 0.6) is 0 Å². The fourth-order valence-corrected chi connectivity index (χ4v) is 3.41. The third-order valence-corrected chi connectivity index (χ3v) is 4.53. The van der Waals surface area contributed by atoms with Crippen molar-refractivity contribution >= 4 is 23.6 Å². The lowest BCUT2D eigenvalue weighted by Gasteiger charge is -2.29. The van der Waals surface area contributed by atoms with Crippen molar-refractivity contribution < 1.29 is 14.7 Å². The van der Waals surface area contributed by atoms with Crippen molar-refractivity contribution in [1.82, 2.24) is 10.2 Å². The average molecular weight is 244 g/mol. The molecular formula is C10H16N2O3S. The molecule has 0 saturated carbocycles. The summed E-state index contributed by atoms with van der Waals surface area (Å²) in [4.78, 5) is 24.7. The predicted molar refractivity (Wildman–Crippen MR) is 61.5 cm³/mol. The van der Waals surface area contributed by atoms with Crippen LogP contribution in [0.25, 0.3) is 0 Å².